The van der Waals surface area contributed by atoms with E-state index >= 15 is 0 Å². The maximum Gasteiger partial charge on any atom is 0.335 e. The smallest absolute Gasteiger partial charge is 0.335 e. The van der Waals surface area contributed by atoms with E-state index in [-0.39, 0.29) is 0 Å². The third-order valence-electron chi connectivity index (χ3n) is 2.81. The van der Waals surface area contributed by atoms with E-state index in [1.54, 1.807) is 19.2 Å². The Labute approximate surface area is 108 Å². The quantitative estimate of drug-likeness (QED) is 0.697. The minimum Gasteiger partial charge on any atom is -0.478 e. The number of nitrogens with one attached hydrogen (secondary N) is 1. The minimum atomic E-state index is -0.885. The number of hydrogen-bond donors (Lipinski definition) is 2. The predicted octanol–water partition coefficient (Wildman–Crippen LogP) is 2.92. The minimum absolute atomic E-state index is 0.332. The van der Waals surface area contributed by atoms with Crippen LogP contribution in [0.2, 0.25) is 0 Å². The second kappa shape index (κ2) is 7.71. The first-order valence-electron chi connectivity index (χ1n) is 6.22. The molecule has 0 aliphatic carbocycles. The number of aromatic carboxylic acids is 1. The molecule has 0 aliphatic rings. The summed E-state index contributed by atoms with van der Waals surface area (Å²) in [6.45, 7) is 3.63. The van der Waals surface area contributed by atoms with Crippen molar-refractivity contribution >= 4 is 11.7 Å². The van der Waals surface area contributed by atoms with Crippen LogP contribution >= 0.6 is 0 Å². The summed E-state index contributed by atoms with van der Waals surface area (Å²) in [5.41, 5.74) is 2.30. The van der Waals surface area contributed by atoms with Crippen LogP contribution in [0.4, 0.5) is 5.69 Å². The standard InChI is InChI=1S/C14H21NO3/c1-11-10-12(14(16)17)6-7-13(11)15-8-4-3-5-9-18-2/h6-7,10,15H,3-5,8-9H2,1-2H3,(H,16,17). The van der Waals surface area contributed by atoms with Crippen molar-refractivity contribution in [3.63, 3.8) is 0 Å². The fraction of sp³-hybridized carbons (Fsp3) is 0.500. The molecule has 0 unspecified atom stereocenters. The molecule has 100 valence electrons. The second-order valence-corrected chi connectivity index (χ2v) is 4.32. The molecule has 1 aromatic rings. The maximum atomic E-state index is 10.8. The number of carboxylic acids is 1. The number of aryl methyl sites for hydroxylation is 1. The predicted molar refractivity (Wildman–Crippen MR) is 72.4 cm³/mol. The lowest BCUT2D eigenvalue weighted by Gasteiger charge is -2.10. The molecule has 0 aliphatic heterocycles. The molecule has 2 N–H and O–H groups in total. The Balaban J connectivity index is 2.36. The molecule has 0 atom stereocenters. The molecule has 4 nitrogen and oxygen atoms in total. The van der Waals surface area contributed by atoms with E-state index in [4.69, 9.17) is 9.84 Å². The van der Waals surface area contributed by atoms with Crippen molar-refractivity contribution in [2.75, 3.05) is 25.6 Å². The van der Waals surface area contributed by atoms with Gasteiger partial charge in [0.25, 0.3) is 0 Å². The van der Waals surface area contributed by atoms with Crippen molar-refractivity contribution in [3.05, 3.63) is 29.3 Å². The van der Waals surface area contributed by atoms with Crippen LogP contribution in [-0.2, 0) is 4.74 Å². The fourth-order valence-corrected chi connectivity index (χ4v) is 1.77. The molecule has 0 spiro atoms. The Morgan fingerprint density at radius 1 is 1.33 bits per heavy atom. The van der Waals surface area contributed by atoms with Gasteiger partial charge in [-0.25, -0.2) is 4.79 Å². The van der Waals surface area contributed by atoms with Crippen molar-refractivity contribution in [1.82, 2.24) is 0 Å². The second-order valence-electron chi connectivity index (χ2n) is 4.32. The van der Waals surface area contributed by atoms with E-state index in [2.05, 4.69) is 5.32 Å². The van der Waals surface area contributed by atoms with Gasteiger partial charge < -0.3 is 15.2 Å². The molecule has 0 saturated carbocycles. The van der Waals surface area contributed by atoms with Crippen molar-refractivity contribution < 1.29 is 14.6 Å². The number of carbonyl (C=O) groups is 1. The van der Waals surface area contributed by atoms with E-state index in [9.17, 15) is 4.79 Å². The van der Waals surface area contributed by atoms with Gasteiger partial charge in [0, 0.05) is 25.9 Å². The highest BCUT2D eigenvalue weighted by Gasteiger charge is 2.04. The van der Waals surface area contributed by atoms with Gasteiger partial charge in [-0.15, -0.1) is 0 Å². The summed E-state index contributed by atoms with van der Waals surface area (Å²) in [6.07, 6.45) is 3.30. The van der Waals surface area contributed by atoms with Crippen LogP contribution in [0.3, 0.4) is 0 Å². The van der Waals surface area contributed by atoms with Crippen LogP contribution < -0.4 is 5.32 Å². The number of anilines is 1. The van der Waals surface area contributed by atoms with Crippen molar-refractivity contribution in [3.8, 4) is 0 Å². The first-order chi connectivity index (χ1) is 8.65. The fourth-order valence-electron chi connectivity index (χ4n) is 1.77. The number of benzene rings is 1. The zero-order valence-electron chi connectivity index (χ0n) is 11.0. The lowest BCUT2D eigenvalue weighted by atomic mass is 10.1. The number of carboxylic acid groups (broad SMARTS) is 1. The normalized spacial score (nSPS) is 10.3. The van der Waals surface area contributed by atoms with E-state index in [1.807, 2.05) is 13.0 Å². The molecule has 18 heavy (non-hydrogen) atoms. The van der Waals surface area contributed by atoms with Crippen LogP contribution in [0.25, 0.3) is 0 Å². The lowest BCUT2D eigenvalue weighted by Crippen LogP contribution is -2.05. The Bertz CT molecular complexity index is 391. The SMILES string of the molecule is COCCCCCNc1ccc(C(=O)O)cc1C. The largest absolute Gasteiger partial charge is 0.478 e. The van der Waals surface area contributed by atoms with Crippen LogP contribution in [0.5, 0.6) is 0 Å². The molecule has 1 aromatic carbocycles. The number of ether oxygens (including phenoxy) is 1. The molecule has 0 saturated heterocycles. The monoisotopic (exact) mass is 251 g/mol. The van der Waals surface area contributed by atoms with Gasteiger partial charge >= 0.3 is 5.97 Å². The van der Waals surface area contributed by atoms with E-state index in [0.29, 0.717) is 5.56 Å². The first-order valence-corrected chi connectivity index (χ1v) is 6.22. The average molecular weight is 251 g/mol. The summed E-state index contributed by atoms with van der Waals surface area (Å²) in [5.74, 6) is -0.885. The van der Waals surface area contributed by atoms with Crippen LogP contribution in [0.15, 0.2) is 18.2 Å². The summed E-state index contributed by atoms with van der Waals surface area (Å²) >= 11 is 0. The van der Waals surface area contributed by atoms with Gasteiger partial charge in [-0.1, -0.05) is 0 Å². The molecule has 0 fully saturated rings. The van der Waals surface area contributed by atoms with Crippen molar-refractivity contribution in [2.24, 2.45) is 0 Å². The van der Waals surface area contributed by atoms with Crippen LogP contribution in [-0.4, -0.2) is 31.3 Å². The van der Waals surface area contributed by atoms with Crippen molar-refractivity contribution in [1.29, 1.82) is 0 Å². The van der Waals surface area contributed by atoms with E-state index in [1.165, 1.54) is 0 Å². The summed E-state index contributed by atoms with van der Waals surface area (Å²) in [7, 11) is 1.71. The topological polar surface area (TPSA) is 58.6 Å². The summed E-state index contributed by atoms with van der Waals surface area (Å²) in [5, 5.41) is 12.2. The molecule has 0 amide bonds. The van der Waals surface area contributed by atoms with Gasteiger partial charge in [0.1, 0.15) is 0 Å². The first kappa shape index (κ1) is 14.5. The summed E-state index contributed by atoms with van der Waals surface area (Å²) < 4.78 is 4.99. The third kappa shape index (κ3) is 4.75. The van der Waals surface area contributed by atoms with Gasteiger partial charge in [0.15, 0.2) is 0 Å². The lowest BCUT2D eigenvalue weighted by molar-refractivity contribution is 0.0697. The molecule has 0 heterocycles. The van der Waals surface area contributed by atoms with Crippen molar-refractivity contribution in [2.45, 2.75) is 26.2 Å². The molecule has 4 heteroatoms. The van der Waals surface area contributed by atoms with Crippen LogP contribution in [0, 0.1) is 6.92 Å². The number of methoxy groups -OCH3 is 1. The van der Waals surface area contributed by atoms with E-state index < -0.39 is 5.97 Å². The van der Waals surface area contributed by atoms with Gasteiger partial charge in [0.05, 0.1) is 5.56 Å². The van der Waals surface area contributed by atoms with Crippen LogP contribution in [0.1, 0.15) is 35.2 Å². The van der Waals surface area contributed by atoms with Gasteiger partial charge in [-0.2, -0.15) is 0 Å². The maximum absolute atomic E-state index is 10.8. The highest BCUT2D eigenvalue weighted by Crippen LogP contribution is 2.16. The zero-order chi connectivity index (χ0) is 13.4. The highest BCUT2D eigenvalue weighted by molar-refractivity contribution is 5.88. The summed E-state index contributed by atoms with van der Waals surface area (Å²) in [6, 6.07) is 5.14. The van der Waals surface area contributed by atoms with Gasteiger partial charge in [-0.3, -0.25) is 0 Å². The molecular weight excluding hydrogens is 230 g/mol. The highest BCUT2D eigenvalue weighted by atomic mass is 16.5. The summed E-state index contributed by atoms with van der Waals surface area (Å²) in [4.78, 5) is 10.8. The zero-order valence-corrected chi connectivity index (χ0v) is 11.0. The molecular formula is C14H21NO3. The Morgan fingerprint density at radius 2 is 2.11 bits per heavy atom. The molecule has 0 bridgehead atoms. The van der Waals surface area contributed by atoms with Gasteiger partial charge in [-0.05, 0) is 49.9 Å². The Morgan fingerprint density at radius 3 is 2.72 bits per heavy atom. The Hall–Kier alpha value is -1.55. The third-order valence-corrected chi connectivity index (χ3v) is 2.81. The molecule has 0 radical (unpaired) electrons. The van der Waals surface area contributed by atoms with E-state index in [0.717, 1.165) is 43.7 Å². The number of unbranched alkanes of at least 4 members (excludes halogenated alkanes) is 2. The molecule has 1 rings (SSSR count). The number of rotatable bonds is 8. The van der Waals surface area contributed by atoms with Gasteiger partial charge in [0.2, 0.25) is 0 Å². The number of hydrogen-bond acceptors (Lipinski definition) is 3. The Kier molecular flexibility index (Phi) is 6.22. The molecule has 0 aromatic heterocycles. The average Bonchev–Trinajstić information content (AvgIpc) is 2.35.